The smallest absolute Gasteiger partial charge is 0.168 e. The second-order valence-corrected chi connectivity index (χ2v) is 6.73. The molecule has 0 aliphatic heterocycles. The highest BCUT2D eigenvalue weighted by molar-refractivity contribution is 5.99. The first-order chi connectivity index (χ1) is 10.5. The van der Waals surface area contributed by atoms with E-state index in [0.717, 1.165) is 11.8 Å². The third-order valence-electron chi connectivity index (χ3n) is 4.20. The third-order valence-corrected chi connectivity index (χ3v) is 4.20. The Bertz CT molecular complexity index is 700. The number of hydrogen-bond donors (Lipinski definition) is 0. The number of ketones is 1. The molecule has 0 radical (unpaired) electrons. The third kappa shape index (κ3) is 2.73. The minimum atomic E-state index is -0.307. The number of Topliss-reactive ketones (excluding diaryl/α,β-unsaturated/α-hetero) is 1. The fourth-order valence-electron chi connectivity index (χ4n) is 3.11. The average molecular weight is 297 g/mol. The van der Waals surface area contributed by atoms with Gasteiger partial charge in [-0.3, -0.25) is 4.79 Å². The van der Waals surface area contributed by atoms with E-state index >= 15 is 0 Å². The molecule has 4 heteroatoms. The summed E-state index contributed by atoms with van der Waals surface area (Å²) in [6.07, 6.45) is 2.51. The van der Waals surface area contributed by atoms with Crippen molar-refractivity contribution < 1.29 is 14.1 Å². The first kappa shape index (κ1) is 14.7. The Balaban J connectivity index is 1.90. The number of carbonyl (C=O) groups is 2. The van der Waals surface area contributed by atoms with Crippen LogP contribution in [0.5, 0.6) is 0 Å². The van der Waals surface area contributed by atoms with Crippen molar-refractivity contribution in [3.05, 3.63) is 52.9 Å². The SMILES string of the molecule is CC1(C)CC(=O)c2c(CC(C=O)c3ccccc3)noc2C1. The number of fused-ring (bicyclic) bond motifs is 1. The van der Waals surface area contributed by atoms with Gasteiger partial charge in [0.05, 0.1) is 11.3 Å². The second-order valence-electron chi connectivity index (χ2n) is 6.73. The molecule has 3 rings (SSSR count). The summed E-state index contributed by atoms with van der Waals surface area (Å²) >= 11 is 0. The number of aromatic nitrogens is 1. The lowest BCUT2D eigenvalue weighted by molar-refractivity contribution is -0.109. The van der Waals surface area contributed by atoms with Gasteiger partial charge in [0.1, 0.15) is 12.0 Å². The van der Waals surface area contributed by atoms with E-state index in [2.05, 4.69) is 5.16 Å². The van der Waals surface area contributed by atoms with Crippen molar-refractivity contribution in [2.45, 2.75) is 39.0 Å². The fraction of sp³-hybridized carbons (Fsp3) is 0.389. The van der Waals surface area contributed by atoms with Gasteiger partial charge >= 0.3 is 0 Å². The van der Waals surface area contributed by atoms with E-state index in [4.69, 9.17) is 4.52 Å². The largest absolute Gasteiger partial charge is 0.360 e. The van der Waals surface area contributed by atoms with Crippen molar-refractivity contribution in [1.29, 1.82) is 0 Å². The van der Waals surface area contributed by atoms with Gasteiger partial charge < -0.3 is 9.32 Å². The predicted molar refractivity (Wildman–Crippen MR) is 81.9 cm³/mol. The van der Waals surface area contributed by atoms with Crippen molar-refractivity contribution in [1.82, 2.24) is 5.16 Å². The van der Waals surface area contributed by atoms with Gasteiger partial charge in [0.25, 0.3) is 0 Å². The molecule has 1 atom stereocenters. The molecule has 0 spiro atoms. The minimum Gasteiger partial charge on any atom is -0.360 e. The summed E-state index contributed by atoms with van der Waals surface area (Å²) in [6, 6.07) is 9.54. The standard InChI is InChI=1S/C18H19NO3/c1-18(2)9-15(21)17-14(19-22-16(17)10-18)8-13(11-20)12-6-4-3-5-7-12/h3-7,11,13H,8-10H2,1-2H3. The van der Waals surface area contributed by atoms with Crippen LogP contribution >= 0.6 is 0 Å². The zero-order valence-electron chi connectivity index (χ0n) is 12.8. The van der Waals surface area contributed by atoms with Crippen LogP contribution in [0.1, 0.15) is 53.6 Å². The summed E-state index contributed by atoms with van der Waals surface area (Å²) in [5.41, 5.74) is 2.04. The molecule has 0 N–H and O–H groups in total. The highest BCUT2D eigenvalue weighted by atomic mass is 16.5. The maximum atomic E-state index is 12.4. The van der Waals surface area contributed by atoms with Crippen LogP contribution in [-0.2, 0) is 17.6 Å². The summed E-state index contributed by atoms with van der Waals surface area (Å²) in [4.78, 5) is 23.8. The molecule has 114 valence electrons. The number of aldehydes is 1. The topological polar surface area (TPSA) is 60.2 Å². The lowest BCUT2D eigenvalue weighted by atomic mass is 9.75. The van der Waals surface area contributed by atoms with Crippen molar-refractivity contribution in [2.75, 3.05) is 0 Å². The monoisotopic (exact) mass is 297 g/mol. The van der Waals surface area contributed by atoms with E-state index in [1.165, 1.54) is 0 Å². The molecular weight excluding hydrogens is 278 g/mol. The highest BCUT2D eigenvalue weighted by Crippen LogP contribution is 2.37. The molecule has 1 unspecified atom stereocenters. The van der Waals surface area contributed by atoms with Gasteiger partial charge in [0.15, 0.2) is 5.78 Å². The highest BCUT2D eigenvalue weighted by Gasteiger charge is 2.36. The number of carbonyl (C=O) groups excluding carboxylic acids is 2. The zero-order chi connectivity index (χ0) is 15.7. The molecule has 1 aliphatic rings. The number of benzene rings is 1. The van der Waals surface area contributed by atoms with Gasteiger partial charge in [-0.2, -0.15) is 0 Å². The molecule has 2 aromatic rings. The van der Waals surface area contributed by atoms with Crippen LogP contribution < -0.4 is 0 Å². The summed E-state index contributed by atoms with van der Waals surface area (Å²) < 4.78 is 5.39. The van der Waals surface area contributed by atoms with E-state index in [-0.39, 0.29) is 17.1 Å². The lowest BCUT2D eigenvalue weighted by Gasteiger charge is -2.26. The first-order valence-electron chi connectivity index (χ1n) is 7.51. The summed E-state index contributed by atoms with van der Waals surface area (Å²) in [6.45, 7) is 4.10. The molecule has 4 nitrogen and oxygen atoms in total. The molecule has 0 amide bonds. The van der Waals surface area contributed by atoms with Crippen LogP contribution in [-0.4, -0.2) is 17.2 Å². The predicted octanol–water partition coefficient (Wildman–Crippen LogP) is 3.35. The maximum Gasteiger partial charge on any atom is 0.168 e. The van der Waals surface area contributed by atoms with Gasteiger partial charge in [-0.25, -0.2) is 0 Å². The Labute approximate surface area is 129 Å². The molecule has 1 aliphatic carbocycles. The van der Waals surface area contributed by atoms with Crippen molar-refractivity contribution in [2.24, 2.45) is 5.41 Å². The Hall–Kier alpha value is -2.23. The van der Waals surface area contributed by atoms with Gasteiger partial charge in [-0.1, -0.05) is 49.3 Å². The molecule has 22 heavy (non-hydrogen) atoms. The molecule has 0 saturated heterocycles. The van der Waals surface area contributed by atoms with Crippen LogP contribution in [0.2, 0.25) is 0 Å². The normalized spacial score (nSPS) is 17.8. The Morgan fingerprint density at radius 3 is 2.68 bits per heavy atom. The summed E-state index contributed by atoms with van der Waals surface area (Å²) in [5.74, 6) is 0.423. The van der Waals surface area contributed by atoms with Crippen molar-refractivity contribution in [3.8, 4) is 0 Å². The Kier molecular flexibility index (Phi) is 3.69. The van der Waals surface area contributed by atoms with E-state index in [1.807, 2.05) is 44.2 Å². The maximum absolute atomic E-state index is 12.4. The fourth-order valence-corrected chi connectivity index (χ4v) is 3.11. The van der Waals surface area contributed by atoms with E-state index in [1.54, 1.807) is 0 Å². The van der Waals surface area contributed by atoms with Crippen LogP contribution in [0.25, 0.3) is 0 Å². The molecule has 1 aromatic carbocycles. The van der Waals surface area contributed by atoms with Gasteiger partial charge in [-0.15, -0.1) is 0 Å². The van der Waals surface area contributed by atoms with Gasteiger partial charge in [0.2, 0.25) is 0 Å². The van der Waals surface area contributed by atoms with E-state index in [0.29, 0.717) is 36.3 Å². The molecule has 1 heterocycles. The van der Waals surface area contributed by atoms with Crippen LogP contribution in [0.3, 0.4) is 0 Å². The van der Waals surface area contributed by atoms with E-state index in [9.17, 15) is 9.59 Å². The van der Waals surface area contributed by atoms with Gasteiger partial charge in [0, 0.05) is 25.2 Å². The number of rotatable bonds is 4. The lowest BCUT2D eigenvalue weighted by Crippen LogP contribution is -2.26. The summed E-state index contributed by atoms with van der Waals surface area (Å²) in [7, 11) is 0. The molecular formula is C18H19NO3. The quantitative estimate of drug-likeness (QED) is 0.812. The summed E-state index contributed by atoms with van der Waals surface area (Å²) in [5, 5.41) is 4.07. The molecule has 1 aromatic heterocycles. The number of nitrogens with zero attached hydrogens (tertiary/aromatic N) is 1. The van der Waals surface area contributed by atoms with E-state index < -0.39 is 0 Å². The number of hydrogen-bond acceptors (Lipinski definition) is 4. The van der Waals surface area contributed by atoms with Crippen LogP contribution in [0.15, 0.2) is 34.9 Å². The van der Waals surface area contributed by atoms with Crippen LogP contribution in [0.4, 0.5) is 0 Å². The van der Waals surface area contributed by atoms with Crippen molar-refractivity contribution >= 4 is 12.1 Å². The van der Waals surface area contributed by atoms with Crippen LogP contribution in [0, 0.1) is 5.41 Å². The average Bonchev–Trinajstić information content (AvgIpc) is 2.87. The first-order valence-corrected chi connectivity index (χ1v) is 7.51. The minimum absolute atomic E-state index is 0.0696. The molecule has 0 saturated carbocycles. The molecule has 0 fully saturated rings. The molecule has 0 bridgehead atoms. The van der Waals surface area contributed by atoms with Gasteiger partial charge in [-0.05, 0) is 11.0 Å². The van der Waals surface area contributed by atoms with Crippen molar-refractivity contribution in [3.63, 3.8) is 0 Å². The second kappa shape index (κ2) is 5.52. The Morgan fingerprint density at radius 2 is 2.00 bits per heavy atom. The zero-order valence-corrected chi connectivity index (χ0v) is 12.8. The Morgan fingerprint density at radius 1 is 1.27 bits per heavy atom.